The highest BCUT2D eigenvalue weighted by Gasteiger charge is 2.17. The number of carbonyl (C=O) groups is 1. The van der Waals surface area contributed by atoms with Crippen LogP contribution in [0.2, 0.25) is 0 Å². The van der Waals surface area contributed by atoms with Crippen LogP contribution in [0.25, 0.3) is 0 Å². The summed E-state index contributed by atoms with van der Waals surface area (Å²) >= 11 is 2.41. The van der Waals surface area contributed by atoms with Crippen molar-refractivity contribution in [3.8, 4) is 0 Å². The fraction of sp³-hybridized carbons (Fsp3) is 0.875. The maximum atomic E-state index is 11.0. The van der Waals surface area contributed by atoms with E-state index in [2.05, 4.69) is 22.6 Å². The van der Waals surface area contributed by atoms with Crippen molar-refractivity contribution in [2.45, 2.75) is 42.6 Å². The van der Waals surface area contributed by atoms with Crippen LogP contribution in [0.4, 0.5) is 0 Å². The van der Waals surface area contributed by atoms with Gasteiger partial charge >= 0.3 is 5.97 Å². The van der Waals surface area contributed by atoms with Gasteiger partial charge in [-0.3, -0.25) is 4.79 Å². The van der Waals surface area contributed by atoms with E-state index in [4.69, 9.17) is 4.74 Å². The zero-order valence-electron chi connectivity index (χ0n) is 6.68. The highest BCUT2D eigenvalue weighted by atomic mass is 127. The van der Waals surface area contributed by atoms with E-state index in [-0.39, 0.29) is 12.1 Å². The Morgan fingerprint density at radius 2 is 2.18 bits per heavy atom. The Kier molecular flexibility index (Phi) is 3.62. The summed E-state index contributed by atoms with van der Waals surface area (Å²) in [6.07, 6.45) is 3.89. The van der Waals surface area contributed by atoms with E-state index >= 15 is 0 Å². The van der Waals surface area contributed by atoms with E-state index < -0.39 is 0 Å². The molecule has 0 aliphatic carbocycles. The summed E-state index contributed by atoms with van der Waals surface area (Å²) in [6, 6.07) is 0. The molecule has 0 N–H and O–H groups in total. The Hall–Kier alpha value is 0.200. The van der Waals surface area contributed by atoms with E-state index in [1.54, 1.807) is 0 Å². The molecule has 64 valence electrons. The third kappa shape index (κ3) is 3.40. The molecule has 2 atom stereocenters. The molecule has 0 aromatic carbocycles. The largest absolute Gasteiger partial charge is 0.463 e. The van der Waals surface area contributed by atoms with Crippen molar-refractivity contribution in [3.05, 3.63) is 0 Å². The van der Waals surface area contributed by atoms with Gasteiger partial charge in [-0.05, 0) is 26.2 Å². The Bertz CT molecular complexity index is 147. The van der Waals surface area contributed by atoms with Gasteiger partial charge in [-0.2, -0.15) is 0 Å². The summed E-state index contributed by atoms with van der Waals surface area (Å²) in [4.78, 5) is 11.0. The van der Waals surface area contributed by atoms with E-state index in [9.17, 15) is 4.79 Å². The highest BCUT2D eigenvalue weighted by Crippen LogP contribution is 2.20. The maximum absolute atomic E-state index is 11.0. The molecule has 0 amide bonds. The lowest BCUT2D eigenvalue weighted by Gasteiger charge is -2.19. The minimum atomic E-state index is -0.0288. The number of halogens is 1. The van der Waals surface area contributed by atoms with Gasteiger partial charge in [0.15, 0.2) is 0 Å². The Morgan fingerprint density at radius 3 is 2.91 bits per heavy atom. The van der Waals surface area contributed by atoms with Crippen molar-refractivity contribution in [1.29, 1.82) is 0 Å². The molecule has 2 unspecified atom stereocenters. The van der Waals surface area contributed by atoms with Crippen molar-refractivity contribution in [1.82, 2.24) is 0 Å². The van der Waals surface area contributed by atoms with Crippen LogP contribution in [-0.2, 0) is 9.53 Å². The lowest BCUT2D eigenvalue weighted by Crippen LogP contribution is -2.20. The third-order valence-electron chi connectivity index (χ3n) is 1.88. The molecule has 2 nitrogen and oxygen atoms in total. The summed E-state index contributed by atoms with van der Waals surface area (Å²) < 4.78 is 5.75. The van der Waals surface area contributed by atoms with Crippen molar-refractivity contribution >= 4 is 28.6 Å². The summed E-state index contributed by atoms with van der Waals surface area (Å²) in [6.45, 7) is 1.96. The molecule has 11 heavy (non-hydrogen) atoms. The van der Waals surface area contributed by atoms with Gasteiger partial charge in [0.25, 0.3) is 0 Å². The van der Waals surface area contributed by atoms with Crippen molar-refractivity contribution < 1.29 is 9.53 Å². The first-order valence-corrected chi connectivity index (χ1v) is 5.26. The molecule has 1 heterocycles. The number of hydrogen-bond acceptors (Lipinski definition) is 2. The highest BCUT2D eigenvalue weighted by molar-refractivity contribution is 14.1. The number of carbonyl (C=O) groups excluding carboxylic acids is 1. The monoisotopic (exact) mass is 268 g/mol. The molecule has 0 saturated carbocycles. The SMILES string of the molecule is CC1CCC(I)CCC(=O)O1. The van der Waals surface area contributed by atoms with E-state index in [1.807, 2.05) is 6.92 Å². The van der Waals surface area contributed by atoms with Gasteiger partial charge in [0, 0.05) is 10.3 Å². The minimum absolute atomic E-state index is 0.0288. The number of esters is 1. The normalized spacial score (nSPS) is 33.8. The first-order chi connectivity index (χ1) is 5.18. The Labute approximate surface area is 80.8 Å². The summed E-state index contributed by atoms with van der Waals surface area (Å²) in [5.41, 5.74) is 0. The van der Waals surface area contributed by atoms with Gasteiger partial charge in [-0.15, -0.1) is 0 Å². The average Bonchev–Trinajstić information content (AvgIpc) is 1.95. The van der Waals surface area contributed by atoms with Crippen LogP contribution in [0.3, 0.4) is 0 Å². The lowest BCUT2D eigenvalue weighted by molar-refractivity contribution is -0.149. The van der Waals surface area contributed by atoms with Gasteiger partial charge in [0.05, 0.1) is 6.10 Å². The molecule has 1 aliphatic heterocycles. The first-order valence-electron chi connectivity index (χ1n) is 4.02. The van der Waals surface area contributed by atoms with Crippen molar-refractivity contribution in [2.75, 3.05) is 0 Å². The van der Waals surface area contributed by atoms with Gasteiger partial charge in [-0.25, -0.2) is 0 Å². The number of ether oxygens (including phenoxy) is 1. The van der Waals surface area contributed by atoms with Gasteiger partial charge in [0.1, 0.15) is 0 Å². The second-order valence-electron chi connectivity index (χ2n) is 3.01. The summed E-state index contributed by atoms with van der Waals surface area (Å²) in [5.74, 6) is -0.0288. The van der Waals surface area contributed by atoms with Gasteiger partial charge in [0.2, 0.25) is 0 Å². The topological polar surface area (TPSA) is 26.3 Å². The average molecular weight is 268 g/mol. The molecule has 1 rings (SSSR count). The van der Waals surface area contributed by atoms with Crippen LogP contribution in [0.15, 0.2) is 0 Å². The number of cyclic esters (lactones) is 1. The molecule has 1 aliphatic rings. The minimum Gasteiger partial charge on any atom is -0.463 e. The molecule has 0 aromatic heterocycles. The standard InChI is InChI=1S/C8H13IO2/c1-6-2-3-7(9)4-5-8(10)11-6/h6-7H,2-5H2,1H3. The fourth-order valence-electron chi connectivity index (χ4n) is 1.18. The van der Waals surface area contributed by atoms with E-state index in [1.165, 1.54) is 6.42 Å². The third-order valence-corrected chi connectivity index (χ3v) is 3.13. The Balaban J connectivity index is 2.40. The van der Waals surface area contributed by atoms with Crippen LogP contribution in [0.5, 0.6) is 0 Å². The fourth-order valence-corrected chi connectivity index (χ4v) is 1.85. The Morgan fingerprint density at radius 1 is 1.45 bits per heavy atom. The second-order valence-corrected chi connectivity index (χ2v) is 4.78. The van der Waals surface area contributed by atoms with Crippen molar-refractivity contribution in [3.63, 3.8) is 0 Å². The van der Waals surface area contributed by atoms with Crippen LogP contribution in [-0.4, -0.2) is 16.0 Å². The zero-order chi connectivity index (χ0) is 8.27. The lowest BCUT2D eigenvalue weighted by atomic mass is 10.1. The van der Waals surface area contributed by atoms with Crippen LogP contribution < -0.4 is 0 Å². The predicted molar refractivity (Wildman–Crippen MR) is 51.8 cm³/mol. The molecule has 0 bridgehead atoms. The summed E-state index contributed by atoms with van der Waals surface area (Å²) in [7, 11) is 0. The molecule has 3 heteroatoms. The molecule has 0 spiro atoms. The van der Waals surface area contributed by atoms with Gasteiger partial charge < -0.3 is 4.74 Å². The van der Waals surface area contributed by atoms with E-state index in [0.29, 0.717) is 10.3 Å². The second kappa shape index (κ2) is 4.28. The zero-order valence-corrected chi connectivity index (χ0v) is 8.84. The smallest absolute Gasteiger partial charge is 0.306 e. The van der Waals surface area contributed by atoms with Gasteiger partial charge in [-0.1, -0.05) is 22.6 Å². The van der Waals surface area contributed by atoms with Crippen molar-refractivity contribution in [2.24, 2.45) is 0 Å². The molecular formula is C8H13IO2. The van der Waals surface area contributed by atoms with Crippen LogP contribution in [0.1, 0.15) is 32.6 Å². The first kappa shape index (κ1) is 9.29. The van der Waals surface area contributed by atoms with E-state index in [0.717, 1.165) is 12.8 Å². The molecule has 0 radical (unpaired) electrons. The molecule has 1 fully saturated rings. The maximum Gasteiger partial charge on any atom is 0.306 e. The number of alkyl halides is 1. The quantitative estimate of drug-likeness (QED) is 0.383. The molecular weight excluding hydrogens is 255 g/mol. The summed E-state index contributed by atoms with van der Waals surface area (Å²) in [5, 5.41) is 0. The number of hydrogen-bond donors (Lipinski definition) is 0. The molecule has 1 saturated heterocycles. The predicted octanol–water partition coefficient (Wildman–Crippen LogP) is 2.30. The van der Waals surface area contributed by atoms with Crippen LogP contribution in [0, 0.1) is 0 Å². The molecule has 0 aromatic rings. The number of rotatable bonds is 0. The van der Waals surface area contributed by atoms with Crippen LogP contribution >= 0.6 is 22.6 Å².